The molecule has 19 heavy (non-hydrogen) atoms. The van der Waals surface area contributed by atoms with E-state index in [4.69, 9.17) is 0 Å². The van der Waals surface area contributed by atoms with Gasteiger partial charge in [-0.3, -0.25) is 10.1 Å². The van der Waals surface area contributed by atoms with Gasteiger partial charge in [-0.05, 0) is 54.7 Å². The first-order chi connectivity index (χ1) is 9.10. The topological polar surface area (TPSA) is 67.2 Å². The van der Waals surface area contributed by atoms with E-state index in [0.717, 1.165) is 23.0 Å². The number of nitrogens with zero attached hydrogens (tertiary/aromatic N) is 1. The van der Waals surface area contributed by atoms with Crippen LogP contribution in [0.2, 0.25) is 0 Å². The summed E-state index contributed by atoms with van der Waals surface area (Å²) in [5, 5.41) is 17.5. The summed E-state index contributed by atoms with van der Waals surface area (Å²) in [6.07, 6.45) is 4.57. The summed E-state index contributed by atoms with van der Waals surface area (Å²) < 4.78 is 0.748. The Morgan fingerprint density at radius 1 is 1.26 bits per heavy atom. The summed E-state index contributed by atoms with van der Waals surface area (Å²) >= 11 is 3.39. The number of non-ortho nitro benzene ring substituents is 1. The van der Waals surface area contributed by atoms with Gasteiger partial charge < -0.3 is 10.6 Å². The van der Waals surface area contributed by atoms with Gasteiger partial charge in [-0.25, -0.2) is 0 Å². The second kappa shape index (κ2) is 6.34. The van der Waals surface area contributed by atoms with Gasteiger partial charge in [0.05, 0.1) is 4.92 Å². The van der Waals surface area contributed by atoms with Crippen molar-refractivity contribution in [3.8, 4) is 0 Å². The number of halogens is 1. The van der Waals surface area contributed by atoms with E-state index < -0.39 is 0 Å². The molecule has 0 aliphatic heterocycles. The summed E-state index contributed by atoms with van der Waals surface area (Å²) in [6.45, 7) is 0. The molecule has 0 heterocycles. The quantitative estimate of drug-likeness (QED) is 0.657. The molecule has 1 fully saturated rings. The van der Waals surface area contributed by atoms with Crippen LogP contribution in [0.3, 0.4) is 0 Å². The number of nitro groups is 1. The van der Waals surface area contributed by atoms with Gasteiger partial charge >= 0.3 is 0 Å². The number of benzene rings is 1. The standard InChI is InChI=1S/C13H18BrN3O2/c1-15-9-2-4-10(5-3-9)16-13-7-6-11(17(18)19)8-12(13)14/h6-10,15-16H,2-5H2,1H3. The Hall–Kier alpha value is -1.14. The average molecular weight is 328 g/mol. The smallest absolute Gasteiger partial charge is 0.270 e. The number of hydrogen-bond acceptors (Lipinski definition) is 4. The molecule has 0 unspecified atom stereocenters. The van der Waals surface area contributed by atoms with Crippen molar-refractivity contribution < 1.29 is 4.92 Å². The Balaban J connectivity index is 1.98. The lowest BCUT2D eigenvalue weighted by molar-refractivity contribution is -0.384. The SMILES string of the molecule is CNC1CCC(Nc2ccc([N+](=O)[O-])cc2Br)CC1. The largest absolute Gasteiger partial charge is 0.381 e. The molecule has 0 spiro atoms. The van der Waals surface area contributed by atoms with E-state index in [-0.39, 0.29) is 10.6 Å². The van der Waals surface area contributed by atoms with Crippen LogP contribution in [-0.2, 0) is 0 Å². The summed E-state index contributed by atoms with van der Waals surface area (Å²) in [6, 6.07) is 5.92. The number of anilines is 1. The molecule has 2 N–H and O–H groups in total. The Morgan fingerprint density at radius 2 is 1.89 bits per heavy atom. The molecule has 0 aromatic heterocycles. The van der Waals surface area contributed by atoms with Crippen molar-refractivity contribution >= 4 is 27.3 Å². The van der Waals surface area contributed by atoms with Crippen molar-refractivity contribution in [3.63, 3.8) is 0 Å². The molecule has 104 valence electrons. The maximum absolute atomic E-state index is 10.7. The van der Waals surface area contributed by atoms with Gasteiger partial charge in [0.2, 0.25) is 0 Å². The second-order valence-electron chi connectivity index (χ2n) is 4.90. The Labute approximate surface area is 121 Å². The van der Waals surface area contributed by atoms with E-state index >= 15 is 0 Å². The fourth-order valence-corrected chi connectivity index (χ4v) is 2.96. The van der Waals surface area contributed by atoms with Crippen molar-refractivity contribution in [2.24, 2.45) is 0 Å². The molecular formula is C13H18BrN3O2. The zero-order valence-corrected chi connectivity index (χ0v) is 12.4. The minimum atomic E-state index is -0.382. The first kappa shape index (κ1) is 14.3. The second-order valence-corrected chi connectivity index (χ2v) is 5.76. The third kappa shape index (κ3) is 3.67. The minimum absolute atomic E-state index is 0.108. The number of rotatable bonds is 4. The Bertz CT molecular complexity index is 459. The number of nitro benzene ring substituents is 1. The van der Waals surface area contributed by atoms with Crippen LogP contribution in [-0.4, -0.2) is 24.1 Å². The highest BCUT2D eigenvalue weighted by Gasteiger charge is 2.20. The summed E-state index contributed by atoms with van der Waals surface area (Å²) in [7, 11) is 2.01. The van der Waals surface area contributed by atoms with Crippen LogP contribution in [0.15, 0.2) is 22.7 Å². The fraction of sp³-hybridized carbons (Fsp3) is 0.538. The first-order valence-electron chi connectivity index (χ1n) is 6.48. The van der Waals surface area contributed by atoms with Crippen LogP contribution in [0.1, 0.15) is 25.7 Å². The number of hydrogen-bond donors (Lipinski definition) is 2. The highest BCUT2D eigenvalue weighted by molar-refractivity contribution is 9.10. The van der Waals surface area contributed by atoms with Gasteiger partial charge in [-0.2, -0.15) is 0 Å². The van der Waals surface area contributed by atoms with E-state index in [0.29, 0.717) is 12.1 Å². The molecule has 2 rings (SSSR count). The van der Waals surface area contributed by atoms with Gasteiger partial charge in [-0.1, -0.05) is 0 Å². The molecule has 1 aliphatic carbocycles. The minimum Gasteiger partial charge on any atom is -0.381 e. The van der Waals surface area contributed by atoms with E-state index in [1.54, 1.807) is 12.1 Å². The van der Waals surface area contributed by atoms with Gasteiger partial charge in [0.1, 0.15) is 0 Å². The van der Waals surface area contributed by atoms with E-state index in [1.165, 1.54) is 18.9 Å². The van der Waals surface area contributed by atoms with Gasteiger partial charge in [-0.15, -0.1) is 0 Å². The van der Waals surface area contributed by atoms with Crippen LogP contribution in [0.4, 0.5) is 11.4 Å². The molecule has 1 aliphatic rings. The van der Waals surface area contributed by atoms with Gasteiger partial charge in [0.25, 0.3) is 5.69 Å². The predicted molar refractivity (Wildman–Crippen MR) is 79.5 cm³/mol. The molecule has 5 nitrogen and oxygen atoms in total. The van der Waals surface area contributed by atoms with Crippen LogP contribution >= 0.6 is 15.9 Å². The van der Waals surface area contributed by atoms with Crippen LogP contribution < -0.4 is 10.6 Å². The molecule has 0 amide bonds. The van der Waals surface area contributed by atoms with Gasteiger partial charge in [0, 0.05) is 34.4 Å². The van der Waals surface area contributed by atoms with Crippen molar-refractivity contribution in [3.05, 3.63) is 32.8 Å². The molecular weight excluding hydrogens is 310 g/mol. The van der Waals surface area contributed by atoms with E-state index in [9.17, 15) is 10.1 Å². The Morgan fingerprint density at radius 3 is 2.42 bits per heavy atom. The van der Waals surface area contributed by atoms with Crippen molar-refractivity contribution in [1.29, 1.82) is 0 Å². The summed E-state index contributed by atoms with van der Waals surface area (Å²) in [5.41, 5.74) is 1.04. The predicted octanol–water partition coefficient (Wildman–Crippen LogP) is 3.30. The molecule has 0 saturated heterocycles. The van der Waals surface area contributed by atoms with Gasteiger partial charge in [0.15, 0.2) is 0 Å². The molecule has 1 saturated carbocycles. The maximum atomic E-state index is 10.7. The molecule has 0 bridgehead atoms. The lowest BCUT2D eigenvalue weighted by atomic mass is 9.91. The lowest BCUT2D eigenvalue weighted by Crippen LogP contribution is -2.35. The molecule has 0 atom stereocenters. The molecule has 6 heteroatoms. The monoisotopic (exact) mass is 327 g/mol. The number of nitrogens with one attached hydrogen (secondary N) is 2. The van der Waals surface area contributed by atoms with Crippen molar-refractivity contribution in [2.45, 2.75) is 37.8 Å². The molecule has 1 aromatic rings. The zero-order chi connectivity index (χ0) is 13.8. The highest BCUT2D eigenvalue weighted by Crippen LogP contribution is 2.30. The maximum Gasteiger partial charge on any atom is 0.270 e. The lowest BCUT2D eigenvalue weighted by Gasteiger charge is -2.29. The van der Waals surface area contributed by atoms with E-state index in [2.05, 4.69) is 26.6 Å². The molecule has 1 aromatic carbocycles. The van der Waals surface area contributed by atoms with Crippen LogP contribution in [0.25, 0.3) is 0 Å². The fourth-order valence-electron chi connectivity index (χ4n) is 2.48. The van der Waals surface area contributed by atoms with Crippen LogP contribution in [0.5, 0.6) is 0 Å². The Kier molecular flexibility index (Phi) is 4.76. The average Bonchev–Trinajstić information content (AvgIpc) is 2.41. The summed E-state index contributed by atoms with van der Waals surface area (Å²) in [4.78, 5) is 10.3. The van der Waals surface area contributed by atoms with Crippen molar-refractivity contribution in [2.75, 3.05) is 12.4 Å². The van der Waals surface area contributed by atoms with Crippen LogP contribution in [0, 0.1) is 10.1 Å². The van der Waals surface area contributed by atoms with Crippen molar-refractivity contribution in [1.82, 2.24) is 5.32 Å². The first-order valence-corrected chi connectivity index (χ1v) is 7.27. The third-order valence-corrected chi connectivity index (χ3v) is 4.31. The third-order valence-electron chi connectivity index (χ3n) is 3.66. The molecule has 0 radical (unpaired) electrons. The normalized spacial score (nSPS) is 23.1. The van der Waals surface area contributed by atoms with E-state index in [1.807, 2.05) is 7.05 Å². The zero-order valence-electron chi connectivity index (χ0n) is 10.9. The summed E-state index contributed by atoms with van der Waals surface area (Å²) in [5.74, 6) is 0. The highest BCUT2D eigenvalue weighted by atomic mass is 79.9.